The minimum absolute atomic E-state index is 0.177. The Morgan fingerprint density at radius 2 is 1.89 bits per heavy atom. The van der Waals surface area contributed by atoms with Crippen LogP contribution >= 0.6 is 0 Å². The Kier molecular flexibility index (Phi) is 3.55. The summed E-state index contributed by atoms with van der Waals surface area (Å²) in [6.07, 6.45) is 4.30. The molecule has 0 radical (unpaired) electrons. The SMILES string of the molecule is CCc1cnccc1-c1nc(C)c(C(=O)O)c(C)n1. The van der Waals surface area contributed by atoms with Gasteiger partial charge in [-0.2, -0.15) is 0 Å². The quantitative estimate of drug-likeness (QED) is 0.913. The molecule has 0 aliphatic carbocycles. The summed E-state index contributed by atoms with van der Waals surface area (Å²) in [5.74, 6) is -0.439. The van der Waals surface area contributed by atoms with Crippen LogP contribution in [0.15, 0.2) is 18.5 Å². The molecule has 98 valence electrons. The lowest BCUT2D eigenvalue weighted by Gasteiger charge is -2.10. The third kappa shape index (κ3) is 2.45. The Morgan fingerprint density at radius 1 is 1.26 bits per heavy atom. The normalized spacial score (nSPS) is 10.5. The maximum Gasteiger partial charge on any atom is 0.339 e. The first-order valence-electron chi connectivity index (χ1n) is 6.06. The molecular formula is C14H15N3O2. The van der Waals surface area contributed by atoms with Gasteiger partial charge in [-0.25, -0.2) is 14.8 Å². The first-order chi connectivity index (χ1) is 9.04. The molecule has 2 rings (SSSR count). The molecule has 0 spiro atoms. The van der Waals surface area contributed by atoms with Gasteiger partial charge in [0.2, 0.25) is 0 Å². The monoisotopic (exact) mass is 257 g/mol. The summed E-state index contributed by atoms with van der Waals surface area (Å²) in [5.41, 5.74) is 3.09. The summed E-state index contributed by atoms with van der Waals surface area (Å²) in [5, 5.41) is 9.12. The Balaban J connectivity index is 2.62. The fourth-order valence-corrected chi connectivity index (χ4v) is 2.07. The number of nitrogens with zero attached hydrogens (tertiary/aromatic N) is 3. The van der Waals surface area contributed by atoms with Crippen molar-refractivity contribution in [3.63, 3.8) is 0 Å². The molecule has 0 unspecified atom stereocenters. The van der Waals surface area contributed by atoms with E-state index in [0.717, 1.165) is 17.5 Å². The molecule has 5 heteroatoms. The topological polar surface area (TPSA) is 76.0 Å². The molecule has 2 aromatic heterocycles. The minimum atomic E-state index is -0.994. The molecular weight excluding hydrogens is 242 g/mol. The van der Waals surface area contributed by atoms with E-state index in [4.69, 9.17) is 5.11 Å². The highest BCUT2D eigenvalue weighted by molar-refractivity contribution is 5.90. The summed E-state index contributed by atoms with van der Waals surface area (Å²) in [7, 11) is 0. The van der Waals surface area contributed by atoms with Crippen LogP contribution in [0.25, 0.3) is 11.4 Å². The van der Waals surface area contributed by atoms with Gasteiger partial charge >= 0.3 is 5.97 Å². The molecule has 2 heterocycles. The number of aromatic carboxylic acids is 1. The zero-order valence-electron chi connectivity index (χ0n) is 11.1. The summed E-state index contributed by atoms with van der Waals surface area (Å²) in [4.78, 5) is 23.8. The van der Waals surface area contributed by atoms with Crippen molar-refractivity contribution in [2.45, 2.75) is 27.2 Å². The van der Waals surface area contributed by atoms with E-state index in [1.54, 1.807) is 26.2 Å². The largest absolute Gasteiger partial charge is 0.478 e. The van der Waals surface area contributed by atoms with Crippen molar-refractivity contribution in [1.82, 2.24) is 15.0 Å². The van der Waals surface area contributed by atoms with Crippen molar-refractivity contribution >= 4 is 5.97 Å². The highest BCUT2D eigenvalue weighted by atomic mass is 16.4. The van der Waals surface area contributed by atoms with Gasteiger partial charge in [-0.3, -0.25) is 4.98 Å². The summed E-state index contributed by atoms with van der Waals surface area (Å²) >= 11 is 0. The molecule has 1 N–H and O–H groups in total. The average Bonchev–Trinajstić information content (AvgIpc) is 2.37. The van der Waals surface area contributed by atoms with E-state index in [9.17, 15) is 4.79 Å². The molecule has 0 bridgehead atoms. The number of rotatable bonds is 3. The number of aromatic nitrogens is 3. The Bertz CT molecular complexity index is 615. The molecule has 0 aromatic carbocycles. The Labute approximate surface area is 111 Å². The van der Waals surface area contributed by atoms with Crippen molar-refractivity contribution in [1.29, 1.82) is 0 Å². The van der Waals surface area contributed by atoms with Gasteiger partial charge in [0.1, 0.15) is 5.56 Å². The second-order valence-corrected chi connectivity index (χ2v) is 4.28. The lowest BCUT2D eigenvalue weighted by molar-refractivity contribution is 0.0694. The Morgan fingerprint density at radius 3 is 2.42 bits per heavy atom. The molecule has 0 saturated carbocycles. The second kappa shape index (κ2) is 5.14. The van der Waals surface area contributed by atoms with Crippen LogP contribution in [0.5, 0.6) is 0 Å². The van der Waals surface area contributed by atoms with E-state index in [0.29, 0.717) is 17.2 Å². The fraction of sp³-hybridized carbons (Fsp3) is 0.286. The zero-order valence-corrected chi connectivity index (χ0v) is 11.1. The molecule has 0 aliphatic heterocycles. The lowest BCUT2D eigenvalue weighted by Crippen LogP contribution is -2.09. The van der Waals surface area contributed by atoms with Gasteiger partial charge in [0.05, 0.1) is 11.4 Å². The molecule has 0 fully saturated rings. The fourth-order valence-electron chi connectivity index (χ4n) is 2.07. The van der Waals surface area contributed by atoms with Gasteiger partial charge < -0.3 is 5.11 Å². The molecule has 2 aromatic rings. The summed E-state index contributed by atoms with van der Waals surface area (Å²) in [6, 6.07) is 1.85. The van der Waals surface area contributed by atoms with E-state index in [1.807, 2.05) is 13.0 Å². The highest BCUT2D eigenvalue weighted by Crippen LogP contribution is 2.22. The van der Waals surface area contributed by atoms with E-state index < -0.39 is 5.97 Å². The van der Waals surface area contributed by atoms with Crippen LogP contribution < -0.4 is 0 Å². The number of carbonyl (C=O) groups is 1. The predicted octanol–water partition coefficient (Wildman–Crippen LogP) is 2.42. The van der Waals surface area contributed by atoms with Crippen molar-refractivity contribution < 1.29 is 9.90 Å². The maximum absolute atomic E-state index is 11.1. The summed E-state index contributed by atoms with van der Waals surface area (Å²) in [6.45, 7) is 5.41. The maximum atomic E-state index is 11.1. The third-order valence-corrected chi connectivity index (χ3v) is 3.01. The highest BCUT2D eigenvalue weighted by Gasteiger charge is 2.16. The van der Waals surface area contributed by atoms with Crippen LogP contribution in [0, 0.1) is 13.8 Å². The van der Waals surface area contributed by atoms with Gasteiger partial charge in [-0.1, -0.05) is 6.92 Å². The van der Waals surface area contributed by atoms with Crippen molar-refractivity contribution in [3.05, 3.63) is 41.0 Å². The molecule has 5 nitrogen and oxygen atoms in total. The van der Waals surface area contributed by atoms with Gasteiger partial charge in [0, 0.05) is 18.0 Å². The first kappa shape index (κ1) is 13.1. The van der Waals surface area contributed by atoms with Crippen LogP contribution in [-0.2, 0) is 6.42 Å². The molecule has 0 atom stereocenters. The van der Waals surface area contributed by atoms with Crippen LogP contribution in [-0.4, -0.2) is 26.0 Å². The van der Waals surface area contributed by atoms with Crippen LogP contribution in [0.1, 0.15) is 34.2 Å². The first-order valence-corrected chi connectivity index (χ1v) is 6.06. The third-order valence-electron chi connectivity index (χ3n) is 3.01. The van der Waals surface area contributed by atoms with Crippen LogP contribution in [0.3, 0.4) is 0 Å². The second-order valence-electron chi connectivity index (χ2n) is 4.28. The summed E-state index contributed by atoms with van der Waals surface area (Å²) < 4.78 is 0. The van der Waals surface area contributed by atoms with Gasteiger partial charge in [0.15, 0.2) is 5.82 Å². The average molecular weight is 257 g/mol. The molecule has 0 saturated heterocycles. The van der Waals surface area contributed by atoms with Gasteiger partial charge in [-0.05, 0) is 31.9 Å². The van der Waals surface area contributed by atoms with Crippen molar-refractivity contribution in [2.24, 2.45) is 0 Å². The molecule has 0 amide bonds. The van der Waals surface area contributed by atoms with E-state index in [2.05, 4.69) is 15.0 Å². The van der Waals surface area contributed by atoms with E-state index >= 15 is 0 Å². The number of carboxylic acid groups (broad SMARTS) is 1. The number of hydrogen-bond donors (Lipinski definition) is 1. The number of hydrogen-bond acceptors (Lipinski definition) is 4. The number of carboxylic acids is 1. The Hall–Kier alpha value is -2.30. The lowest BCUT2D eigenvalue weighted by atomic mass is 10.1. The minimum Gasteiger partial charge on any atom is -0.478 e. The van der Waals surface area contributed by atoms with E-state index in [1.165, 1.54) is 0 Å². The standard InChI is InChI=1S/C14H15N3O2/c1-4-10-7-15-6-5-11(10)13-16-8(2)12(14(18)19)9(3)17-13/h5-7H,4H2,1-3H3,(H,18,19). The zero-order chi connectivity index (χ0) is 14.0. The number of aryl methyl sites for hydroxylation is 3. The van der Waals surface area contributed by atoms with Crippen LogP contribution in [0.2, 0.25) is 0 Å². The van der Waals surface area contributed by atoms with Crippen molar-refractivity contribution in [2.75, 3.05) is 0 Å². The molecule has 0 aliphatic rings. The van der Waals surface area contributed by atoms with Crippen LogP contribution in [0.4, 0.5) is 0 Å². The van der Waals surface area contributed by atoms with Gasteiger partial charge in [0.25, 0.3) is 0 Å². The van der Waals surface area contributed by atoms with Crippen molar-refractivity contribution in [3.8, 4) is 11.4 Å². The predicted molar refractivity (Wildman–Crippen MR) is 71.1 cm³/mol. The number of pyridine rings is 1. The smallest absolute Gasteiger partial charge is 0.339 e. The van der Waals surface area contributed by atoms with E-state index in [-0.39, 0.29) is 5.56 Å². The van der Waals surface area contributed by atoms with Gasteiger partial charge in [-0.15, -0.1) is 0 Å². The molecule has 19 heavy (non-hydrogen) atoms.